The first-order valence-corrected chi connectivity index (χ1v) is 6.32. The van der Waals surface area contributed by atoms with E-state index in [1.807, 2.05) is 0 Å². The molecule has 0 aliphatic heterocycles. The Kier molecular flexibility index (Phi) is 3.10. The molecule has 1 heterocycles. The Hall–Kier alpha value is -2.07. The van der Waals surface area contributed by atoms with Crippen molar-refractivity contribution in [2.24, 2.45) is 0 Å². The number of aromatic nitrogens is 2. The van der Waals surface area contributed by atoms with E-state index in [-0.39, 0.29) is 16.8 Å². The van der Waals surface area contributed by atoms with Gasteiger partial charge in [-0.05, 0) is 42.8 Å². The molecule has 100 valence electrons. The van der Waals surface area contributed by atoms with E-state index in [2.05, 4.69) is 9.97 Å². The molecule has 0 fully saturated rings. The van der Waals surface area contributed by atoms with E-state index in [0.717, 1.165) is 0 Å². The minimum atomic E-state index is -0.350. The highest BCUT2D eigenvalue weighted by atomic mass is 35.5. The molecule has 1 aromatic heterocycles. The van der Waals surface area contributed by atoms with Gasteiger partial charge in [0.15, 0.2) is 5.82 Å². The van der Waals surface area contributed by atoms with Crippen LogP contribution >= 0.6 is 11.6 Å². The number of hydrogen-bond acceptors (Lipinski definition) is 2. The molecule has 0 N–H and O–H groups in total. The predicted molar refractivity (Wildman–Crippen MR) is 74.6 cm³/mol. The highest BCUT2D eigenvalue weighted by molar-refractivity contribution is 6.34. The zero-order chi connectivity index (χ0) is 14.3. The fourth-order valence-electron chi connectivity index (χ4n) is 1.95. The van der Waals surface area contributed by atoms with Crippen LogP contribution in [0.3, 0.4) is 0 Å². The molecule has 2 nitrogen and oxygen atoms in total. The molecule has 0 radical (unpaired) electrons. The van der Waals surface area contributed by atoms with E-state index < -0.39 is 0 Å². The second-order valence-electron chi connectivity index (χ2n) is 4.46. The van der Waals surface area contributed by atoms with E-state index in [9.17, 15) is 8.78 Å². The number of hydrogen-bond donors (Lipinski definition) is 0. The maximum atomic E-state index is 13.6. The van der Waals surface area contributed by atoms with Gasteiger partial charge in [-0.15, -0.1) is 0 Å². The molecule has 0 bridgehead atoms. The van der Waals surface area contributed by atoms with Crippen molar-refractivity contribution in [1.29, 1.82) is 0 Å². The van der Waals surface area contributed by atoms with E-state index >= 15 is 0 Å². The van der Waals surface area contributed by atoms with Crippen molar-refractivity contribution in [3.8, 4) is 11.4 Å². The molecular weight excluding hydrogens is 282 g/mol. The minimum Gasteiger partial charge on any atom is -0.228 e. The van der Waals surface area contributed by atoms with Crippen molar-refractivity contribution < 1.29 is 8.78 Å². The number of benzene rings is 2. The first-order chi connectivity index (χ1) is 9.54. The molecule has 0 atom stereocenters. The molecule has 0 saturated heterocycles. The lowest BCUT2D eigenvalue weighted by molar-refractivity contribution is 0.620. The molecule has 2 aromatic carbocycles. The third-order valence-corrected chi connectivity index (χ3v) is 3.32. The fourth-order valence-corrected chi connectivity index (χ4v) is 2.18. The first-order valence-electron chi connectivity index (χ1n) is 5.94. The highest BCUT2D eigenvalue weighted by Crippen LogP contribution is 2.26. The van der Waals surface area contributed by atoms with Crippen molar-refractivity contribution in [3.05, 3.63) is 58.7 Å². The van der Waals surface area contributed by atoms with Crippen LogP contribution in [-0.2, 0) is 0 Å². The van der Waals surface area contributed by atoms with Gasteiger partial charge < -0.3 is 0 Å². The fraction of sp³-hybridized carbons (Fsp3) is 0.0667. The number of aryl methyl sites for hydroxylation is 1. The largest absolute Gasteiger partial charge is 0.228 e. The Morgan fingerprint density at radius 2 is 1.70 bits per heavy atom. The molecule has 3 rings (SSSR count). The van der Waals surface area contributed by atoms with Crippen LogP contribution in [0.25, 0.3) is 22.3 Å². The zero-order valence-electron chi connectivity index (χ0n) is 10.5. The lowest BCUT2D eigenvalue weighted by atomic mass is 10.1. The van der Waals surface area contributed by atoms with Crippen molar-refractivity contribution >= 4 is 22.5 Å². The molecule has 3 aromatic rings. The van der Waals surface area contributed by atoms with Gasteiger partial charge >= 0.3 is 0 Å². The Balaban J connectivity index is 2.23. The quantitative estimate of drug-likeness (QED) is 0.615. The van der Waals surface area contributed by atoms with Crippen LogP contribution in [0.15, 0.2) is 36.4 Å². The van der Waals surface area contributed by atoms with E-state index in [4.69, 9.17) is 11.6 Å². The summed E-state index contributed by atoms with van der Waals surface area (Å²) in [5.41, 5.74) is 1.53. The molecule has 0 aliphatic rings. The van der Waals surface area contributed by atoms with Gasteiger partial charge in [-0.25, -0.2) is 18.7 Å². The second kappa shape index (κ2) is 4.80. The van der Waals surface area contributed by atoms with Gasteiger partial charge in [0.05, 0.1) is 5.52 Å². The van der Waals surface area contributed by atoms with Gasteiger partial charge in [-0.2, -0.15) is 0 Å². The summed E-state index contributed by atoms with van der Waals surface area (Å²) < 4.78 is 26.5. The summed E-state index contributed by atoms with van der Waals surface area (Å²) in [6.45, 7) is 1.65. The molecule has 0 unspecified atom stereocenters. The average molecular weight is 291 g/mol. The third-order valence-electron chi connectivity index (χ3n) is 3.03. The third kappa shape index (κ3) is 2.23. The van der Waals surface area contributed by atoms with Crippen molar-refractivity contribution in [2.45, 2.75) is 6.92 Å². The summed E-state index contributed by atoms with van der Waals surface area (Å²) in [6, 6.07) is 8.67. The van der Waals surface area contributed by atoms with Crippen LogP contribution < -0.4 is 0 Å². The van der Waals surface area contributed by atoms with E-state index in [0.29, 0.717) is 27.9 Å². The van der Waals surface area contributed by atoms with Gasteiger partial charge in [-0.1, -0.05) is 11.6 Å². The summed E-state index contributed by atoms with van der Waals surface area (Å²) in [4.78, 5) is 8.46. The van der Waals surface area contributed by atoms with Gasteiger partial charge in [0.2, 0.25) is 0 Å². The van der Waals surface area contributed by atoms with Crippen molar-refractivity contribution in [1.82, 2.24) is 9.97 Å². The van der Waals surface area contributed by atoms with Crippen LogP contribution in [0.1, 0.15) is 5.56 Å². The summed E-state index contributed by atoms with van der Waals surface area (Å²) in [6.07, 6.45) is 0. The molecule has 20 heavy (non-hydrogen) atoms. The number of nitrogens with zero attached hydrogens (tertiary/aromatic N) is 2. The lowest BCUT2D eigenvalue weighted by Gasteiger charge is -2.06. The number of rotatable bonds is 1. The summed E-state index contributed by atoms with van der Waals surface area (Å²) in [5.74, 6) is -0.356. The first kappa shape index (κ1) is 12.9. The van der Waals surface area contributed by atoms with Gasteiger partial charge in [0.25, 0.3) is 0 Å². The average Bonchev–Trinajstić information content (AvgIpc) is 2.42. The van der Waals surface area contributed by atoms with Crippen molar-refractivity contribution in [2.75, 3.05) is 0 Å². The standard InChI is InChI=1S/C15H9ClF2N2/c1-8-6-11-13(7-12(8)18)19-15(20-14(11)16)9-2-4-10(17)5-3-9/h2-7H,1H3. The molecule has 0 aliphatic carbocycles. The predicted octanol–water partition coefficient (Wildman–Crippen LogP) is 4.54. The lowest BCUT2D eigenvalue weighted by Crippen LogP contribution is -1.94. The maximum Gasteiger partial charge on any atom is 0.161 e. The SMILES string of the molecule is Cc1cc2c(Cl)nc(-c3ccc(F)cc3)nc2cc1F. The molecule has 0 amide bonds. The van der Waals surface area contributed by atoms with E-state index in [1.165, 1.54) is 18.2 Å². The summed E-state index contributed by atoms with van der Waals surface area (Å²) in [5, 5.41) is 0.842. The van der Waals surface area contributed by atoms with Gasteiger partial charge in [0, 0.05) is 17.0 Å². The van der Waals surface area contributed by atoms with Crippen LogP contribution in [0.4, 0.5) is 8.78 Å². The monoisotopic (exact) mass is 290 g/mol. The van der Waals surface area contributed by atoms with Crippen molar-refractivity contribution in [3.63, 3.8) is 0 Å². The van der Waals surface area contributed by atoms with Crippen LogP contribution in [0.2, 0.25) is 5.15 Å². The van der Waals surface area contributed by atoms with Crippen LogP contribution in [0.5, 0.6) is 0 Å². The summed E-state index contributed by atoms with van der Waals surface area (Å²) in [7, 11) is 0. The Morgan fingerprint density at radius 3 is 2.40 bits per heavy atom. The molecule has 5 heteroatoms. The Morgan fingerprint density at radius 1 is 1.00 bits per heavy atom. The number of halogens is 3. The second-order valence-corrected chi connectivity index (χ2v) is 4.82. The topological polar surface area (TPSA) is 25.8 Å². The normalized spacial score (nSPS) is 11.0. The molecule has 0 saturated carbocycles. The zero-order valence-corrected chi connectivity index (χ0v) is 11.2. The van der Waals surface area contributed by atoms with Crippen LogP contribution in [-0.4, -0.2) is 9.97 Å². The van der Waals surface area contributed by atoms with E-state index in [1.54, 1.807) is 25.1 Å². The van der Waals surface area contributed by atoms with Gasteiger partial charge in [-0.3, -0.25) is 0 Å². The summed E-state index contributed by atoms with van der Waals surface area (Å²) >= 11 is 6.12. The smallest absolute Gasteiger partial charge is 0.161 e. The minimum absolute atomic E-state index is 0.248. The maximum absolute atomic E-state index is 13.6. The Bertz CT molecular complexity index is 801. The molecular formula is C15H9ClF2N2. The van der Waals surface area contributed by atoms with Crippen LogP contribution in [0, 0.1) is 18.6 Å². The number of fused-ring (bicyclic) bond motifs is 1. The Labute approximate surface area is 119 Å². The molecule has 0 spiro atoms. The highest BCUT2D eigenvalue weighted by Gasteiger charge is 2.10. The van der Waals surface area contributed by atoms with Gasteiger partial charge in [0.1, 0.15) is 16.8 Å².